The van der Waals surface area contributed by atoms with Crippen LogP contribution in [0.15, 0.2) is 50.8 Å². The highest BCUT2D eigenvalue weighted by molar-refractivity contribution is 7.08. The molecule has 0 aromatic carbocycles. The van der Waals surface area contributed by atoms with Crippen LogP contribution in [-0.4, -0.2) is 38.4 Å². The first-order valence-electron chi connectivity index (χ1n) is 9.11. The number of aryl methyl sites for hydroxylation is 1. The van der Waals surface area contributed by atoms with Crippen molar-refractivity contribution in [1.29, 1.82) is 0 Å². The monoisotopic (exact) mass is 396 g/mol. The number of aromatic amines is 1. The molecule has 1 amide bonds. The fraction of sp³-hybridized carbons (Fsp3) is 0.300. The number of hydrogen-bond donors (Lipinski definition) is 1. The highest BCUT2D eigenvalue weighted by atomic mass is 32.1. The maximum Gasteiger partial charge on any atom is 0.255 e. The quantitative estimate of drug-likeness (QED) is 0.735. The first-order chi connectivity index (χ1) is 13.5. The Hall–Kier alpha value is -3.00. The third-order valence-electron chi connectivity index (χ3n) is 5.08. The number of carbonyl (C=O) groups excluding carboxylic acids is 1. The largest absolute Gasteiger partial charge is 0.339 e. The third-order valence-corrected chi connectivity index (χ3v) is 5.76. The van der Waals surface area contributed by atoms with Gasteiger partial charge in [-0.05, 0) is 30.4 Å². The number of nitrogens with zero attached hydrogens (tertiary/aromatic N) is 3. The van der Waals surface area contributed by atoms with E-state index in [0.29, 0.717) is 30.2 Å². The number of aromatic nitrogens is 3. The molecule has 4 rings (SSSR count). The Morgan fingerprint density at radius 1 is 1.21 bits per heavy atom. The lowest BCUT2D eigenvalue weighted by Crippen LogP contribution is -2.39. The predicted octanol–water partition coefficient (Wildman–Crippen LogP) is 2.22. The molecule has 0 unspecified atom stereocenters. The minimum absolute atomic E-state index is 0.0810. The first kappa shape index (κ1) is 18.4. The number of pyridine rings is 1. The first-order valence-corrected chi connectivity index (χ1v) is 10.1. The summed E-state index contributed by atoms with van der Waals surface area (Å²) in [6.45, 7) is 1.16. The summed E-state index contributed by atoms with van der Waals surface area (Å²) < 4.78 is 1.41. The van der Waals surface area contributed by atoms with Crippen LogP contribution in [0.2, 0.25) is 0 Å². The van der Waals surface area contributed by atoms with Crippen LogP contribution >= 0.6 is 11.3 Å². The lowest BCUT2D eigenvalue weighted by atomic mass is 9.95. The fourth-order valence-corrected chi connectivity index (χ4v) is 4.14. The van der Waals surface area contributed by atoms with Gasteiger partial charge in [-0.2, -0.15) is 11.3 Å². The third kappa shape index (κ3) is 3.68. The number of amides is 1. The molecule has 1 fully saturated rings. The fourth-order valence-electron chi connectivity index (χ4n) is 3.49. The Morgan fingerprint density at radius 2 is 2.00 bits per heavy atom. The summed E-state index contributed by atoms with van der Waals surface area (Å²) >= 11 is 1.57. The molecule has 0 saturated carbocycles. The van der Waals surface area contributed by atoms with Gasteiger partial charge in [-0.25, -0.2) is 4.98 Å². The topological polar surface area (TPSA) is 88.1 Å². The molecule has 1 aliphatic heterocycles. The van der Waals surface area contributed by atoms with E-state index in [1.54, 1.807) is 35.5 Å². The van der Waals surface area contributed by atoms with Crippen LogP contribution in [0.5, 0.6) is 0 Å². The SMILES string of the molecule is Cn1cc(C(=O)N2CCC(c3nc(-c4ccsc4)cc(=O)[nH]3)CC2)ccc1=O. The molecular formula is C20H20N4O3S. The Morgan fingerprint density at radius 3 is 2.68 bits per heavy atom. The highest BCUT2D eigenvalue weighted by Gasteiger charge is 2.26. The summed E-state index contributed by atoms with van der Waals surface area (Å²) in [5, 5.41) is 3.93. The maximum absolute atomic E-state index is 12.7. The molecule has 0 atom stereocenters. The van der Waals surface area contributed by atoms with Crippen molar-refractivity contribution in [3.63, 3.8) is 0 Å². The van der Waals surface area contributed by atoms with Gasteiger partial charge < -0.3 is 14.5 Å². The Bertz CT molecular complexity index is 1110. The molecule has 1 N–H and O–H groups in total. The molecule has 7 nitrogen and oxygen atoms in total. The van der Waals surface area contributed by atoms with Gasteiger partial charge in [0, 0.05) is 55.3 Å². The van der Waals surface area contributed by atoms with Gasteiger partial charge in [0.1, 0.15) is 5.82 Å². The predicted molar refractivity (Wildman–Crippen MR) is 108 cm³/mol. The van der Waals surface area contributed by atoms with Crippen LogP contribution in [0.25, 0.3) is 11.3 Å². The number of carbonyl (C=O) groups is 1. The maximum atomic E-state index is 12.7. The Balaban J connectivity index is 1.48. The van der Waals surface area contributed by atoms with Gasteiger partial charge in [0.25, 0.3) is 11.5 Å². The van der Waals surface area contributed by atoms with E-state index in [-0.39, 0.29) is 22.9 Å². The summed E-state index contributed by atoms with van der Waals surface area (Å²) in [6.07, 6.45) is 3.03. The number of likely N-dealkylation sites (tertiary alicyclic amines) is 1. The van der Waals surface area contributed by atoms with E-state index in [1.807, 2.05) is 16.8 Å². The van der Waals surface area contributed by atoms with E-state index in [2.05, 4.69) is 9.97 Å². The molecule has 4 heterocycles. The molecule has 0 radical (unpaired) electrons. The molecular weight excluding hydrogens is 376 g/mol. The lowest BCUT2D eigenvalue weighted by molar-refractivity contribution is 0.0710. The van der Waals surface area contributed by atoms with Crippen molar-refractivity contribution in [3.8, 4) is 11.3 Å². The zero-order valence-corrected chi connectivity index (χ0v) is 16.2. The summed E-state index contributed by atoms with van der Waals surface area (Å²) in [4.78, 5) is 45.6. The summed E-state index contributed by atoms with van der Waals surface area (Å²) in [5.41, 5.74) is 1.83. The summed E-state index contributed by atoms with van der Waals surface area (Å²) in [6, 6.07) is 6.44. The average Bonchev–Trinajstić information content (AvgIpc) is 3.24. The van der Waals surface area contributed by atoms with Gasteiger partial charge >= 0.3 is 0 Å². The van der Waals surface area contributed by atoms with Gasteiger partial charge in [-0.1, -0.05) is 0 Å². The van der Waals surface area contributed by atoms with Crippen molar-refractivity contribution in [2.24, 2.45) is 7.05 Å². The number of rotatable bonds is 3. The minimum Gasteiger partial charge on any atom is -0.339 e. The standard InChI is InChI=1S/C20H20N4O3S/c1-23-11-14(2-3-18(23)26)20(27)24-7-4-13(5-8-24)19-21-16(10-17(25)22-19)15-6-9-28-12-15/h2-3,6,9-13H,4-5,7-8H2,1H3,(H,21,22,25). The summed E-state index contributed by atoms with van der Waals surface area (Å²) in [5.74, 6) is 0.709. The number of piperidine rings is 1. The van der Waals surface area contributed by atoms with Crippen LogP contribution in [0.3, 0.4) is 0 Å². The molecule has 1 saturated heterocycles. The van der Waals surface area contributed by atoms with E-state index in [0.717, 1.165) is 18.4 Å². The van der Waals surface area contributed by atoms with Crippen molar-refractivity contribution in [2.45, 2.75) is 18.8 Å². The molecule has 0 bridgehead atoms. The van der Waals surface area contributed by atoms with Crippen LogP contribution in [-0.2, 0) is 7.05 Å². The second-order valence-corrected chi connectivity index (χ2v) is 7.74. The van der Waals surface area contributed by atoms with Gasteiger partial charge in [-0.3, -0.25) is 14.4 Å². The van der Waals surface area contributed by atoms with Crippen molar-refractivity contribution in [2.75, 3.05) is 13.1 Å². The van der Waals surface area contributed by atoms with Gasteiger partial charge in [0.05, 0.1) is 11.3 Å². The second-order valence-electron chi connectivity index (χ2n) is 6.96. The van der Waals surface area contributed by atoms with E-state index in [9.17, 15) is 14.4 Å². The van der Waals surface area contributed by atoms with Crippen molar-refractivity contribution >= 4 is 17.2 Å². The molecule has 144 valence electrons. The molecule has 3 aromatic rings. The van der Waals surface area contributed by atoms with E-state index in [1.165, 1.54) is 16.7 Å². The number of nitrogens with one attached hydrogen (secondary N) is 1. The Labute approximate surface area is 165 Å². The normalized spacial score (nSPS) is 15.0. The molecule has 3 aromatic heterocycles. The zero-order valence-electron chi connectivity index (χ0n) is 15.4. The zero-order chi connectivity index (χ0) is 19.7. The number of H-pyrrole nitrogens is 1. The number of hydrogen-bond acceptors (Lipinski definition) is 5. The average molecular weight is 396 g/mol. The summed E-state index contributed by atoms with van der Waals surface area (Å²) in [7, 11) is 1.63. The molecule has 8 heteroatoms. The molecule has 28 heavy (non-hydrogen) atoms. The van der Waals surface area contributed by atoms with Crippen LogP contribution in [0.4, 0.5) is 0 Å². The van der Waals surface area contributed by atoms with Gasteiger partial charge in [0.2, 0.25) is 5.56 Å². The van der Waals surface area contributed by atoms with E-state index < -0.39 is 0 Å². The number of thiophene rings is 1. The van der Waals surface area contributed by atoms with Gasteiger partial charge in [0.15, 0.2) is 0 Å². The van der Waals surface area contributed by atoms with Crippen molar-refractivity contribution < 1.29 is 4.79 Å². The highest BCUT2D eigenvalue weighted by Crippen LogP contribution is 2.27. The molecule has 0 aliphatic carbocycles. The van der Waals surface area contributed by atoms with Gasteiger partial charge in [-0.15, -0.1) is 0 Å². The minimum atomic E-state index is -0.157. The smallest absolute Gasteiger partial charge is 0.255 e. The van der Waals surface area contributed by atoms with E-state index >= 15 is 0 Å². The second kappa shape index (κ2) is 7.55. The van der Waals surface area contributed by atoms with Crippen LogP contribution in [0.1, 0.15) is 34.9 Å². The molecule has 0 spiro atoms. The Kier molecular flexibility index (Phi) is 4.95. The van der Waals surface area contributed by atoms with E-state index in [4.69, 9.17) is 0 Å². The molecule has 1 aliphatic rings. The van der Waals surface area contributed by atoms with Crippen molar-refractivity contribution in [3.05, 3.63) is 73.3 Å². The van der Waals surface area contributed by atoms with Crippen molar-refractivity contribution in [1.82, 2.24) is 19.4 Å². The lowest BCUT2D eigenvalue weighted by Gasteiger charge is -2.31. The van der Waals surface area contributed by atoms with Crippen LogP contribution < -0.4 is 11.1 Å². The van der Waals surface area contributed by atoms with Crippen LogP contribution in [0, 0.1) is 0 Å².